The van der Waals surface area contributed by atoms with Crippen molar-refractivity contribution in [2.24, 2.45) is 5.73 Å². The molecule has 4 heteroatoms. The predicted molar refractivity (Wildman–Crippen MR) is 110 cm³/mol. The maximum absolute atomic E-state index is 12.4. The van der Waals surface area contributed by atoms with E-state index >= 15 is 0 Å². The lowest BCUT2D eigenvalue weighted by molar-refractivity contribution is -0.114. The molecule has 1 heterocycles. The van der Waals surface area contributed by atoms with Gasteiger partial charge in [0.25, 0.3) is 11.7 Å². The Morgan fingerprint density at radius 2 is 1.71 bits per heavy atom. The van der Waals surface area contributed by atoms with Crippen molar-refractivity contribution >= 4 is 22.6 Å². The summed E-state index contributed by atoms with van der Waals surface area (Å²) < 4.78 is 2.03. The Labute approximate surface area is 163 Å². The number of fused-ring (bicyclic) bond motifs is 1. The van der Waals surface area contributed by atoms with Crippen molar-refractivity contribution in [3.8, 4) is 11.1 Å². The van der Waals surface area contributed by atoms with E-state index in [1.54, 1.807) is 6.07 Å². The van der Waals surface area contributed by atoms with E-state index in [1.807, 2.05) is 47.9 Å². The van der Waals surface area contributed by atoms with Gasteiger partial charge in [0.1, 0.15) is 0 Å². The van der Waals surface area contributed by atoms with Crippen molar-refractivity contribution in [1.82, 2.24) is 4.57 Å². The van der Waals surface area contributed by atoms with E-state index in [4.69, 9.17) is 5.73 Å². The summed E-state index contributed by atoms with van der Waals surface area (Å²) in [5.74, 6) is -1.63. The van der Waals surface area contributed by atoms with Crippen LogP contribution in [0.3, 0.4) is 0 Å². The van der Waals surface area contributed by atoms with Crippen molar-refractivity contribution < 1.29 is 9.59 Å². The molecule has 4 rings (SSSR count). The predicted octanol–water partition coefficient (Wildman–Crippen LogP) is 4.13. The van der Waals surface area contributed by atoms with Crippen molar-refractivity contribution in [1.29, 1.82) is 0 Å². The molecule has 0 fully saturated rings. The maximum Gasteiger partial charge on any atom is 0.289 e. The number of amides is 1. The zero-order chi connectivity index (χ0) is 19.7. The van der Waals surface area contributed by atoms with Gasteiger partial charge < -0.3 is 10.3 Å². The lowest BCUT2D eigenvalue weighted by atomic mass is 10.0. The van der Waals surface area contributed by atoms with Crippen LogP contribution in [0.2, 0.25) is 0 Å². The Morgan fingerprint density at radius 1 is 0.964 bits per heavy atom. The minimum Gasteiger partial charge on any atom is -0.363 e. The molecular weight excluding hydrogens is 348 g/mol. The van der Waals surface area contributed by atoms with Crippen LogP contribution in [0.15, 0.2) is 72.8 Å². The first-order valence-electron chi connectivity index (χ1n) is 9.04. The zero-order valence-electron chi connectivity index (χ0n) is 15.5. The molecule has 1 amide bonds. The number of carbonyl (C=O) groups excluding carboxylic acids is 2. The van der Waals surface area contributed by atoms with Gasteiger partial charge in [0.2, 0.25) is 0 Å². The van der Waals surface area contributed by atoms with E-state index in [-0.39, 0.29) is 0 Å². The zero-order valence-corrected chi connectivity index (χ0v) is 15.5. The number of ketones is 1. The standard InChI is InChI=1S/C24H19N2O2/c1-16-22(23(27)24(25)28)20-12-5-6-13-21(20)26(16)15-17-8-7-11-19(14-17)18-9-3-2-4-10-18/h2-11,13-14H,15H2,1H3,(H2,25,28). The minimum absolute atomic E-state index is 0.335. The number of aromatic nitrogens is 1. The Morgan fingerprint density at radius 3 is 2.46 bits per heavy atom. The van der Waals surface area contributed by atoms with Crippen LogP contribution >= 0.6 is 0 Å². The summed E-state index contributed by atoms with van der Waals surface area (Å²) in [5.41, 5.74) is 10.5. The van der Waals surface area contributed by atoms with Crippen LogP contribution in [-0.4, -0.2) is 16.3 Å². The van der Waals surface area contributed by atoms with Crippen LogP contribution in [0.5, 0.6) is 0 Å². The number of hydrogen-bond acceptors (Lipinski definition) is 2. The molecule has 0 saturated heterocycles. The van der Waals surface area contributed by atoms with Gasteiger partial charge in [-0.15, -0.1) is 0 Å². The summed E-state index contributed by atoms with van der Waals surface area (Å²) in [7, 11) is 0. The molecule has 0 unspecified atom stereocenters. The summed E-state index contributed by atoms with van der Waals surface area (Å²) >= 11 is 0. The first kappa shape index (κ1) is 17.7. The molecule has 3 aromatic carbocycles. The summed E-state index contributed by atoms with van der Waals surface area (Å²) in [5, 5.41) is 0.628. The molecule has 4 aromatic rings. The van der Waals surface area contributed by atoms with Crippen LogP contribution in [0.25, 0.3) is 22.0 Å². The quantitative estimate of drug-likeness (QED) is 0.426. The molecule has 0 aliphatic heterocycles. The highest BCUT2D eigenvalue weighted by atomic mass is 16.2. The van der Waals surface area contributed by atoms with Crippen molar-refractivity contribution in [3.05, 3.63) is 95.7 Å². The molecule has 0 saturated carbocycles. The topological polar surface area (TPSA) is 65.1 Å². The van der Waals surface area contributed by atoms with Crippen LogP contribution in [0.4, 0.5) is 0 Å². The van der Waals surface area contributed by atoms with Crippen LogP contribution in [0, 0.1) is 13.0 Å². The Hall–Kier alpha value is -3.66. The van der Waals surface area contributed by atoms with Gasteiger partial charge in [-0.1, -0.05) is 60.7 Å². The Balaban J connectivity index is 1.80. The number of nitrogens with two attached hydrogens (primary N) is 1. The highest BCUT2D eigenvalue weighted by molar-refractivity contribution is 6.44. The smallest absolute Gasteiger partial charge is 0.289 e. The molecule has 0 spiro atoms. The molecule has 4 nitrogen and oxygen atoms in total. The summed E-state index contributed by atoms with van der Waals surface area (Å²) in [4.78, 5) is 23.9. The van der Waals surface area contributed by atoms with E-state index in [2.05, 4.69) is 36.4 Å². The highest BCUT2D eigenvalue weighted by Gasteiger charge is 2.23. The average molecular weight is 367 g/mol. The van der Waals surface area contributed by atoms with E-state index < -0.39 is 11.7 Å². The molecule has 2 N–H and O–H groups in total. The van der Waals surface area contributed by atoms with Crippen LogP contribution in [0.1, 0.15) is 21.6 Å². The van der Waals surface area contributed by atoms with Crippen molar-refractivity contribution in [2.75, 3.05) is 0 Å². The number of nitrogens with zero attached hydrogens (tertiary/aromatic N) is 1. The van der Waals surface area contributed by atoms with Gasteiger partial charge in [0.15, 0.2) is 0 Å². The van der Waals surface area contributed by atoms with Crippen molar-refractivity contribution in [3.63, 3.8) is 0 Å². The minimum atomic E-state index is -0.953. The fourth-order valence-electron chi connectivity index (χ4n) is 3.62. The Bertz CT molecular complexity index is 1190. The van der Waals surface area contributed by atoms with Gasteiger partial charge >= 0.3 is 0 Å². The third-order valence-corrected chi connectivity index (χ3v) is 4.97. The van der Waals surface area contributed by atoms with Crippen molar-refractivity contribution in [2.45, 2.75) is 13.5 Å². The molecule has 0 aliphatic carbocycles. The Kier molecular flexibility index (Phi) is 4.53. The molecule has 28 heavy (non-hydrogen) atoms. The van der Waals surface area contributed by atoms with Gasteiger partial charge in [0, 0.05) is 23.1 Å². The van der Waals surface area contributed by atoms with E-state index in [0.29, 0.717) is 23.2 Å². The third-order valence-electron chi connectivity index (χ3n) is 4.97. The SMILES string of the molecule is Cc1c(C(=O)C(N)=O)c2[c]cccc2n1Cc1cccc(-c2ccccc2)c1. The van der Waals surface area contributed by atoms with Crippen LogP contribution in [-0.2, 0) is 11.3 Å². The van der Waals surface area contributed by atoms with E-state index in [9.17, 15) is 9.59 Å². The molecule has 0 bridgehead atoms. The molecule has 1 radical (unpaired) electrons. The van der Waals surface area contributed by atoms with Gasteiger partial charge in [-0.3, -0.25) is 9.59 Å². The number of benzene rings is 3. The fraction of sp³-hybridized carbons (Fsp3) is 0.0833. The second-order valence-corrected chi connectivity index (χ2v) is 6.74. The number of hydrogen-bond donors (Lipinski definition) is 1. The van der Waals surface area contributed by atoms with Crippen LogP contribution < -0.4 is 5.73 Å². The monoisotopic (exact) mass is 367 g/mol. The largest absolute Gasteiger partial charge is 0.363 e. The lowest BCUT2D eigenvalue weighted by Crippen LogP contribution is -2.23. The molecule has 0 atom stereocenters. The average Bonchev–Trinajstić information content (AvgIpc) is 3.00. The number of primary amides is 1. The number of Topliss-reactive ketones (excluding diaryl/α,β-unsaturated/α-hetero) is 1. The maximum atomic E-state index is 12.4. The normalized spacial score (nSPS) is 10.9. The molecular formula is C24H19N2O2. The first-order chi connectivity index (χ1) is 13.6. The van der Waals surface area contributed by atoms with Gasteiger partial charge in [0.05, 0.1) is 5.56 Å². The highest BCUT2D eigenvalue weighted by Crippen LogP contribution is 2.28. The van der Waals surface area contributed by atoms with E-state index in [1.165, 1.54) is 0 Å². The summed E-state index contributed by atoms with van der Waals surface area (Å²) in [6, 6.07) is 27.1. The summed E-state index contributed by atoms with van der Waals surface area (Å²) in [6.45, 7) is 2.41. The molecule has 1 aromatic heterocycles. The second kappa shape index (κ2) is 7.16. The summed E-state index contributed by atoms with van der Waals surface area (Å²) in [6.07, 6.45) is 0. The van der Waals surface area contributed by atoms with Gasteiger partial charge in [-0.2, -0.15) is 0 Å². The first-order valence-corrected chi connectivity index (χ1v) is 9.04. The van der Waals surface area contributed by atoms with E-state index in [0.717, 1.165) is 22.2 Å². The fourth-order valence-corrected chi connectivity index (χ4v) is 3.62. The molecule has 137 valence electrons. The third kappa shape index (κ3) is 3.09. The van der Waals surface area contributed by atoms with Gasteiger partial charge in [-0.05, 0) is 41.8 Å². The van der Waals surface area contributed by atoms with Gasteiger partial charge in [-0.25, -0.2) is 0 Å². The molecule has 0 aliphatic rings. The second-order valence-electron chi connectivity index (χ2n) is 6.74. The number of carbonyl (C=O) groups is 2. The lowest BCUT2D eigenvalue weighted by Gasteiger charge is -2.11. The number of rotatable bonds is 5.